The quantitative estimate of drug-likeness (QED) is 0.704. The first kappa shape index (κ1) is 22.4. The first-order valence-corrected chi connectivity index (χ1v) is 10.2. The molecule has 0 aromatic heterocycles. The smallest absolute Gasteiger partial charge is 0.416 e. The second-order valence-corrected chi connectivity index (χ2v) is 7.68. The molecular weight excluding hydrogens is 435 g/mol. The largest absolute Gasteiger partial charge is 0.493 e. The molecule has 1 N–H and O–H groups in total. The molecule has 33 heavy (non-hydrogen) atoms. The fourth-order valence-electron chi connectivity index (χ4n) is 4.01. The molecule has 2 aromatic rings. The molecule has 9 heteroatoms. The van der Waals surface area contributed by atoms with E-state index in [1.54, 1.807) is 18.2 Å². The maximum absolute atomic E-state index is 13.5. The Morgan fingerprint density at radius 3 is 2.76 bits per heavy atom. The number of ether oxygens (including phenoxy) is 2. The van der Waals surface area contributed by atoms with Gasteiger partial charge in [0.2, 0.25) is 5.91 Å². The highest BCUT2D eigenvalue weighted by atomic mass is 19.4. The molecule has 170 valence electrons. The highest BCUT2D eigenvalue weighted by molar-refractivity contribution is 6.12. The molecule has 2 aromatic carbocycles. The monoisotopic (exact) mass is 455 g/mol. The number of hydrogen-bond acceptors (Lipinski definition) is 5. The summed E-state index contributed by atoms with van der Waals surface area (Å²) >= 11 is 0. The van der Waals surface area contributed by atoms with Crippen molar-refractivity contribution >= 4 is 11.7 Å². The summed E-state index contributed by atoms with van der Waals surface area (Å²) in [6, 6.07) is 10.8. The zero-order chi connectivity index (χ0) is 23.6. The highest BCUT2D eigenvalue weighted by Gasteiger charge is 2.34. The first-order valence-electron chi connectivity index (χ1n) is 10.2. The van der Waals surface area contributed by atoms with Crippen LogP contribution in [0.25, 0.3) is 0 Å². The van der Waals surface area contributed by atoms with Crippen LogP contribution < -0.4 is 14.8 Å². The topological polar surface area (TPSA) is 83.7 Å². The van der Waals surface area contributed by atoms with Crippen molar-refractivity contribution in [2.24, 2.45) is 4.99 Å². The minimum absolute atomic E-state index is 0.0452. The maximum atomic E-state index is 13.5. The third-order valence-corrected chi connectivity index (χ3v) is 5.59. The van der Waals surface area contributed by atoms with E-state index < -0.39 is 11.7 Å². The molecule has 0 spiro atoms. The third-order valence-electron chi connectivity index (χ3n) is 5.59. The van der Waals surface area contributed by atoms with Crippen molar-refractivity contribution in [2.45, 2.75) is 31.5 Å². The number of rotatable bonds is 6. The Balaban J connectivity index is 1.57. The standard InChI is InChI=1S/C24H20F3N3O3/c1-32-21-11-15(18-12-22(31)30-23-17(18)7-9-29-23)4-5-20(21)33-13-16-3-2-14(6-8-28)10-19(16)24(25,26)27/h2-5,7,10-11,18H,6,9,12-13H2,1H3,(H,29,30,31). The van der Waals surface area contributed by atoms with Crippen molar-refractivity contribution in [1.82, 2.24) is 5.32 Å². The van der Waals surface area contributed by atoms with Gasteiger partial charge in [0.1, 0.15) is 12.4 Å². The number of halogens is 3. The minimum Gasteiger partial charge on any atom is -0.493 e. The van der Waals surface area contributed by atoms with Crippen LogP contribution in [0.3, 0.4) is 0 Å². The van der Waals surface area contributed by atoms with Crippen LogP contribution in [0.5, 0.6) is 11.5 Å². The molecule has 0 radical (unpaired) electrons. The van der Waals surface area contributed by atoms with E-state index in [1.165, 1.54) is 19.2 Å². The molecule has 1 amide bonds. The molecule has 4 rings (SSSR count). The number of aliphatic imine (C=N–C) groups is 1. The van der Waals surface area contributed by atoms with E-state index in [2.05, 4.69) is 10.3 Å². The second kappa shape index (κ2) is 8.98. The van der Waals surface area contributed by atoms with Gasteiger partial charge in [-0.2, -0.15) is 18.4 Å². The number of hydrogen-bond donors (Lipinski definition) is 1. The number of nitrogens with one attached hydrogen (secondary N) is 1. The van der Waals surface area contributed by atoms with Crippen LogP contribution in [0, 0.1) is 11.3 Å². The summed E-state index contributed by atoms with van der Waals surface area (Å²) in [5.41, 5.74) is 1.18. The van der Waals surface area contributed by atoms with Gasteiger partial charge in [-0.1, -0.05) is 24.3 Å². The number of piperidine rings is 1. The number of fused-ring (bicyclic) bond motifs is 1. The van der Waals surface area contributed by atoms with Gasteiger partial charge in [0.15, 0.2) is 11.5 Å². The van der Waals surface area contributed by atoms with E-state index in [0.717, 1.165) is 17.2 Å². The van der Waals surface area contributed by atoms with Crippen molar-refractivity contribution in [2.75, 3.05) is 13.7 Å². The van der Waals surface area contributed by atoms with Gasteiger partial charge in [-0.25, -0.2) is 0 Å². The van der Waals surface area contributed by atoms with Crippen LogP contribution >= 0.6 is 0 Å². The van der Waals surface area contributed by atoms with E-state index in [1.807, 2.05) is 12.1 Å². The van der Waals surface area contributed by atoms with Gasteiger partial charge in [-0.3, -0.25) is 9.79 Å². The molecule has 2 aliphatic heterocycles. The lowest BCUT2D eigenvalue weighted by molar-refractivity contribution is -0.138. The average molecular weight is 455 g/mol. The fraction of sp³-hybridized carbons (Fsp3) is 0.292. The summed E-state index contributed by atoms with van der Waals surface area (Å²) in [5.74, 6) is 0.898. The van der Waals surface area contributed by atoms with Crippen molar-refractivity contribution in [3.05, 3.63) is 70.3 Å². The number of nitrogens with zero attached hydrogens (tertiary/aromatic N) is 2. The Morgan fingerprint density at radius 1 is 1.21 bits per heavy atom. The molecule has 1 saturated heterocycles. The Bertz CT molecular complexity index is 1200. The minimum atomic E-state index is -4.58. The van der Waals surface area contributed by atoms with E-state index in [0.29, 0.717) is 18.1 Å². The average Bonchev–Trinajstić information content (AvgIpc) is 3.25. The predicted molar refractivity (Wildman–Crippen MR) is 114 cm³/mol. The number of alkyl halides is 3. The van der Waals surface area contributed by atoms with Gasteiger partial charge >= 0.3 is 6.18 Å². The van der Waals surface area contributed by atoms with Gasteiger partial charge in [-0.15, -0.1) is 0 Å². The summed E-state index contributed by atoms with van der Waals surface area (Å²) in [5, 5.41) is 11.5. The first-order chi connectivity index (χ1) is 15.8. The Morgan fingerprint density at radius 2 is 2.03 bits per heavy atom. The molecule has 1 atom stereocenters. The molecular formula is C24H20F3N3O3. The van der Waals surface area contributed by atoms with Crippen LogP contribution in [-0.2, 0) is 24.0 Å². The molecule has 6 nitrogen and oxygen atoms in total. The summed E-state index contributed by atoms with van der Waals surface area (Å²) in [7, 11) is 1.44. The normalized spacial score (nSPS) is 17.4. The summed E-state index contributed by atoms with van der Waals surface area (Å²) in [4.78, 5) is 16.3. The maximum Gasteiger partial charge on any atom is 0.416 e. The van der Waals surface area contributed by atoms with Gasteiger partial charge in [0.05, 0.1) is 31.7 Å². The lowest BCUT2D eigenvalue weighted by Gasteiger charge is -2.26. The molecule has 2 aliphatic rings. The van der Waals surface area contributed by atoms with Crippen molar-refractivity contribution < 1.29 is 27.4 Å². The summed E-state index contributed by atoms with van der Waals surface area (Å²) < 4.78 is 51.7. The molecule has 2 heterocycles. The molecule has 0 aliphatic carbocycles. The lowest BCUT2D eigenvalue weighted by Crippen LogP contribution is -2.38. The molecule has 1 unspecified atom stereocenters. The van der Waals surface area contributed by atoms with Crippen LogP contribution in [0.15, 0.2) is 53.0 Å². The number of nitriles is 1. The number of carbonyl (C=O) groups is 1. The van der Waals surface area contributed by atoms with Crippen molar-refractivity contribution in [3.8, 4) is 17.6 Å². The Labute approximate surface area is 188 Å². The number of amidine groups is 1. The lowest BCUT2D eigenvalue weighted by atomic mass is 9.85. The van der Waals surface area contributed by atoms with E-state index >= 15 is 0 Å². The number of benzene rings is 2. The molecule has 0 bridgehead atoms. The van der Waals surface area contributed by atoms with Crippen LogP contribution in [0.4, 0.5) is 13.2 Å². The number of amides is 1. The summed E-state index contributed by atoms with van der Waals surface area (Å²) in [6.45, 7) is 0.180. The van der Waals surface area contributed by atoms with Gasteiger partial charge in [0, 0.05) is 23.5 Å². The van der Waals surface area contributed by atoms with Crippen LogP contribution in [-0.4, -0.2) is 25.4 Å². The Kier molecular flexibility index (Phi) is 6.09. The SMILES string of the molecule is COc1cc(C2CC(=O)NC3=NCC=C32)ccc1OCc1ccc(CC#N)cc1C(F)(F)F. The van der Waals surface area contributed by atoms with Gasteiger partial charge in [0.25, 0.3) is 0 Å². The van der Waals surface area contributed by atoms with E-state index in [9.17, 15) is 18.0 Å². The fourth-order valence-corrected chi connectivity index (χ4v) is 4.01. The van der Waals surface area contributed by atoms with Crippen molar-refractivity contribution in [1.29, 1.82) is 5.26 Å². The van der Waals surface area contributed by atoms with Crippen LogP contribution in [0.2, 0.25) is 0 Å². The van der Waals surface area contributed by atoms with Crippen LogP contribution in [0.1, 0.15) is 34.6 Å². The summed E-state index contributed by atoms with van der Waals surface area (Å²) in [6.07, 6.45) is -2.46. The zero-order valence-electron chi connectivity index (χ0n) is 17.7. The number of carbonyl (C=O) groups excluding carboxylic acids is 1. The molecule has 0 saturated carbocycles. The van der Waals surface area contributed by atoms with E-state index in [-0.39, 0.29) is 48.2 Å². The molecule has 1 fully saturated rings. The predicted octanol–water partition coefficient (Wildman–Crippen LogP) is 4.30. The van der Waals surface area contributed by atoms with E-state index in [4.69, 9.17) is 14.7 Å². The Hall–Kier alpha value is -3.80. The highest BCUT2D eigenvalue weighted by Crippen LogP contribution is 2.39. The van der Waals surface area contributed by atoms with Gasteiger partial charge in [-0.05, 0) is 29.3 Å². The third kappa shape index (κ3) is 4.70. The van der Waals surface area contributed by atoms with Crippen molar-refractivity contribution in [3.63, 3.8) is 0 Å². The second-order valence-electron chi connectivity index (χ2n) is 7.68. The zero-order valence-corrected chi connectivity index (χ0v) is 17.7. The number of methoxy groups -OCH3 is 1. The van der Waals surface area contributed by atoms with Gasteiger partial charge < -0.3 is 14.8 Å².